The quantitative estimate of drug-likeness (QED) is 0.639. The molecule has 0 aliphatic carbocycles. The summed E-state index contributed by atoms with van der Waals surface area (Å²) >= 11 is 5.50. The molecule has 4 rings (SSSR count). The van der Waals surface area contributed by atoms with Crippen molar-refractivity contribution >= 4 is 17.3 Å². The standard InChI is InChI=1S/C23H28N2O4S/c1-13-8-15(26)10-19-20(13)16(14-6-7-17(27-4)18(9-14)28-5)11-23(29-19)12-22(2,3)24-21(30)25-23/h6-10,16,26H,11-12H2,1-5H3,(H2,24,25,30)/t16-,23-/m0/s1. The van der Waals surface area contributed by atoms with Crippen molar-refractivity contribution in [1.29, 1.82) is 0 Å². The van der Waals surface area contributed by atoms with Crippen molar-refractivity contribution < 1.29 is 19.3 Å². The third-order valence-corrected chi connectivity index (χ3v) is 6.06. The highest BCUT2D eigenvalue weighted by Crippen LogP contribution is 2.50. The van der Waals surface area contributed by atoms with Gasteiger partial charge in [0, 0.05) is 35.9 Å². The number of hydrogen-bond acceptors (Lipinski definition) is 5. The van der Waals surface area contributed by atoms with Crippen molar-refractivity contribution in [2.24, 2.45) is 0 Å². The van der Waals surface area contributed by atoms with Crippen LogP contribution in [0.3, 0.4) is 0 Å². The number of nitrogens with one attached hydrogen (secondary N) is 2. The van der Waals surface area contributed by atoms with Gasteiger partial charge in [0.15, 0.2) is 22.3 Å². The number of aromatic hydroxyl groups is 1. The zero-order valence-electron chi connectivity index (χ0n) is 18.0. The maximum absolute atomic E-state index is 10.2. The Morgan fingerprint density at radius 2 is 1.83 bits per heavy atom. The van der Waals surface area contributed by atoms with Gasteiger partial charge in [-0.3, -0.25) is 0 Å². The van der Waals surface area contributed by atoms with E-state index in [-0.39, 0.29) is 17.2 Å². The van der Waals surface area contributed by atoms with Crippen molar-refractivity contribution in [1.82, 2.24) is 10.6 Å². The van der Waals surface area contributed by atoms with Crippen LogP contribution in [0.2, 0.25) is 0 Å². The third-order valence-electron chi connectivity index (χ3n) is 5.85. The maximum Gasteiger partial charge on any atom is 0.185 e. The molecule has 2 aliphatic heterocycles. The van der Waals surface area contributed by atoms with E-state index in [1.165, 1.54) is 0 Å². The van der Waals surface area contributed by atoms with Gasteiger partial charge in [-0.05, 0) is 62.3 Å². The lowest BCUT2D eigenvalue weighted by molar-refractivity contribution is -0.0130. The Morgan fingerprint density at radius 1 is 1.10 bits per heavy atom. The molecule has 0 unspecified atom stereocenters. The molecule has 7 heteroatoms. The molecule has 2 aromatic rings. The lowest BCUT2D eigenvalue weighted by Crippen LogP contribution is -2.69. The minimum Gasteiger partial charge on any atom is -0.508 e. The molecule has 160 valence electrons. The van der Waals surface area contributed by atoms with E-state index in [2.05, 4.69) is 30.5 Å². The summed E-state index contributed by atoms with van der Waals surface area (Å²) in [5.74, 6) is 2.26. The van der Waals surface area contributed by atoms with Crippen LogP contribution in [0.25, 0.3) is 0 Å². The third kappa shape index (κ3) is 3.62. The SMILES string of the molecule is COc1ccc([C@@H]2C[C@@]3(CC(C)(C)NC(=S)N3)Oc3cc(O)cc(C)c32)cc1OC. The van der Waals surface area contributed by atoms with Crippen molar-refractivity contribution in [2.75, 3.05) is 14.2 Å². The molecule has 0 radical (unpaired) electrons. The number of fused-ring (bicyclic) bond motifs is 1. The summed E-state index contributed by atoms with van der Waals surface area (Å²) in [4.78, 5) is 0. The van der Waals surface area contributed by atoms with Gasteiger partial charge in [-0.25, -0.2) is 0 Å². The molecule has 0 bridgehead atoms. The average molecular weight is 429 g/mol. The number of phenols is 1. The Kier molecular flexibility index (Phi) is 4.97. The van der Waals surface area contributed by atoms with Crippen LogP contribution in [0.5, 0.6) is 23.0 Å². The summed E-state index contributed by atoms with van der Waals surface area (Å²) in [6, 6.07) is 9.47. The number of phenolic OH excluding ortho intramolecular Hbond substituents is 1. The van der Waals surface area contributed by atoms with Gasteiger partial charge in [-0.2, -0.15) is 0 Å². The topological polar surface area (TPSA) is 72.0 Å². The van der Waals surface area contributed by atoms with E-state index in [1.807, 2.05) is 19.1 Å². The van der Waals surface area contributed by atoms with Gasteiger partial charge in [-0.15, -0.1) is 0 Å². The Morgan fingerprint density at radius 3 is 2.50 bits per heavy atom. The summed E-state index contributed by atoms with van der Waals surface area (Å²) in [5.41, 5.74) is 2.23. The molecule has 30 heavy (non-hydrogen) atoms. The van der Waals surface area contributed by atoms with E-state index in [0.717, 1.165) is 16.7 Å². The van der Waals surface area contributed by atoms with Gasteiger partial charge in [0.05, 0.1) is 14.2 Å². The Labute approximate surface area is 182 Å². The van der Waals surface area contributed by atoms with Crippen LogP contribution >= 0.6 is 12.2 Å². The summed E-state index contributed by atoms with van der Waals surface area (Å²) in [6.45, 7) is 6.22. The molecule has 0 saturated carbocycles. The molecule has 1 spiro atoms. The maximum atomic E-state index is 10.2. The van der Waals surface area contributed by atoms with Crippen molar-refractivity contribution in [3.8, 4) is 23.0 Å². The molecular weight excluding hydrogens is 400 g/mol. The normalized spacial score (nSPS) is 24.3. The van der Waals surface area contributed by atoms with Crippen LogP contribution in [0, 0.1) is 6.92 Å². The highest BCUT2D eigenvalue weighted by atomic mass is 32.1. The van der Waals surface area contributed by atoms with E-state index in [9.17, 15) is 5.11 Å². The highest BCUT2D eigenvalue weighted by Gasteiger charge is 2.49. The molecule has 2 atom stereocenters. The second-order valence-corrected chi connectivity index (χ2v) is 9.19. The molecule has 2 aromatic carbocycles. The lowest BCUT2D eigenvalue weighted by atomic mass is 9.76. The van der Waals surface area contributed by atoms with Gasteiger partial charge < -0.3 is 30.0 Å². The van der Waals surface area contributed by atoms with Gasteiger partial charge in [0.2, 0.25) is 0 Å². The zero-order chi connectivity index (χ0) is 21.7. The molecule has 3 N–H and O–H groups in total. The molecular formula is C23H28N2O4S. The number of ether oxygens (including phenoxy) is 3. The molecule has 6 nitrogen and oxygen atoms in total. The van der Waals surface area contributed by atoms with Gasteiger partial charge >= 0.3 is 0 Å². The lowest BCUT2D eigenvalue weighted by Gasteiger charge is -2.50. The number of methoxy groups -OCH3 is 2. The van der Waals surface area contributed by atoms with Gasteiger partial charge in [0.25, 0.3) is 0 Å². The number of thiocarbonyl (C=S) groups is 1. The predicted molar refractivity (Wildman–Crippen MR) is 120 cm³/mol. The molecule has 0 amide bonds. The second-order valence-electron chi connectivity index (χ2n) is 8.78. The number of hydrogen-bond donors (Lipinski definition) is 3. The number of rotatable bonds is 3. The van der Waals surface area contributed by atoms with Gasteiger partial charge in [0.1, 0.15) is 11.5 Å². The predicted octanol–water partition coefficient (Wildman–Crippen LogP) is 3.97. The van der Waals surface area contributed by atoms with E-state index in [4.69, 9.17) is 26.4 Å². The largest absolute Gasteiger partial charge is 0.508 e. The minimum atomic E-state index is -0.684. The minimum absolute atomic E-state index is 0.0263. The monoisotopic (exact) mass is 428 g/mol. The molecule has 2 aliphatic rings. The Balaban J connectivity index is 1.86. The second kappa shape index (κ2) is 7.23. The van der Waals surface area contributed by atoms with E-state index in [0.29, 0.717) is 35.2 Å². The summed E-state index contributed by atoms with van der Waals surface area (Å²) < 4.78 is 17.5. The first-order valence-electron chi connectivity index (χ1n) is 10.00. The fourth-order valence-electron chi connectivity index (χ4n) is 4.85. The van der Waals surface area contributed by atoms with Gasteiger partial charge in [-0.1, -0.05) is 6.07 Å². The molecule has 1 saturated heterocycles. The first-order chi connectivity index (χ1) is 14.1. The first-order valence-corrected chi connectivity index (χ1v) is 10.4. The zero-order valence-corrected chi connectivity index (χ0v) is 18.8. The van der Waals surface area contributed by atoms with Crippen LogP contribution in [-0.2, 0) is 0 Å². The van der Waals surface area contributed by atoms with Crippen LogP contribution in [0.4, 0.5) is 0 Å². The summed E-state index contributed by atoms with van der Waals surface area (Å²) in [6.07, 6.45) is 1.39. The highest BCUT2D eigenvalue weighted by molar-refractivity contribution is 7.80. The Hall–Kier alpha value is -2.67. The molecule has 2 heterocycles. The summed E-state index contributed by atoms with van der Waals surface area (Å²) in [5, 5.41) is 17.5. The van der Waals surface area contributed by atoms with E-state index < -0.39 is 5.72 Å². The van der Waals surface area contributed by atoms with Crippen LogP contribution < -0.4 is 24.8 Å². The van der Waals surface area contributed by atoms with Crippen LogP contribution in [0.15, 0.2) is 30.3 Å². The molecule has 0 aromatic heterocycles. The van der Waals surface area contributed by atoms with Crippen molar-refractivity contribution in [3.63, 3.8) is 0 Å². The van der Waals surface area contributed by atoms with Crippen LogP contribution in [0.1, 0.15) is 49.3 Å². The molecule has 1 fully saturated rings. The fourth-order valence-corrected chi connectivity index (χ4v) is 5.31. The summed E-state index contributed by atoms with van der Waals surface area (Å²) in [7, 11) is 3.27. The smallest absolute Gasteiger partial charge is 0.185 e. The van der Waals surface area contributed by atoms with E-state index in [1.54, 1.807) is 26.4 Å². The Bertz CT molecular complexity index is 1010. The van der Waals surface area contributed by atoms with Crippen molar-refractivity contribution in [2.45, 2.75) is 50.8 Å². The average Bonchev–Trinajstić information content (AvgIpc) is 2.64. The van der Waals surface area contributed by atoms with E-state index >= 15 is 0 Å². The number of benzene rings is 2. The fraction of sp³-hybridized carbons (Fsp3) is 0.435. The van der Waals surface area contributed by atoms with Crippen LogP contribution in [-0.4, -0.2) is 35.7 Å². The first kappa shape index (κ1) is 20.6. The van der Waals surface area contributed by atoms with Crippen molar-refractivity contribution in [3.05, 3.63) is 47.0 Å². The number of aryl methyl sites for hydroxylation is 1.